The Morgan fingerprint density at radius 2 is 0.798 bits per heavy atom. The van der Waals surface area contributed by atoms with Crippen molar-refractivity contribution in [3.63, 3.8) is 0 Å². The topological polar surface area (TPSA) is 601 Å². The van der Waals surface area contributed by atoms with Gasteiger partial charge in [0, 0.05) is 13.8 Å². The molecule has 7 saturated heterocycles. The van der Waals surface area contributed by atoms with Crippen LogP contribution in [0.5, 0.6) is 0 Å². The van der Waals surface area contributed by atoms with Crippen LogP contribution in [0.2, 0.25) is 0 Å². The van der Waals surface area contributed by atoms with Crippen LogP contribution >= 0.6 is 0 Å². The highest BCUT2D eigenvalue weighted by atomic mass is 16.8. The standard InChI is InChI=1S/C65H113N3O36/c1-6-7-8-9-10-11-12-13-14-15-16-17-18-19-32(77)31(66-26-74)25-91-61-51(89)48(86)53(36(23-72)98-61)99-64-52(90)56(43(81)34(21-70)95-64)102-60-39(68-30(5)76)55(54(37(24-73)97-60)100-62-49(87)46(84)40(78)27(2)92-62)101-65-58(104-63-50(88)47(85)41(79)28(3)93-63)57(44(82)35(22-71)96-65)103-59-38(67-29(4)75)45(83)42(80)33(20-69)94-59/h18-19,26-28,31-65,69-73,77-90H,6-17,20-25H2,1-5H3,(H,66,74)(H,67,75)(H,68,76)/b19-18+/t27-,28-,31-,32+,33+,34+,35+,36+,37+,38+,39+,40+,41+,42-,43-,44-,45+,46+,47+,48+,49-,50-,51+,52+,53+,54+,55+,56-,57-,58+,59+,60-,61+,62-,63-,64-,65-/m0/s1. The van der Waals surface area contributed by atoms with E-state index in [1.54, 1.807) is 6.08 Å². The van der Waals surface area contributed by atoms with E-state index in [0.717, 1.165) is 39.5 Å². The quantitative estimate of drug-likeness (QED) is 0.0155. The molecular formula is C65H113N3O36. The fraction of sp³-hybridized carbons (Fsp3) is 0.923. The molecule has 0 bridgehead atoms. The van der Waals surface area contributed by atoms with Gasteiger partial charge in [-0.2, -0.15) is 0 Å². The van der Waals surface area contributed by atoms with Crippen LogP contribution in [0.15, 0.2) is 12.2 Å². The Labute approximate surface area is 600 Å². The van der Waals surface area contributed by atoms with Gasteiger partial charge in [0.25, 0.3) is 0 Å². The number of hydrogen-bond donors (Lipinski definition) is 22. The molecule has 0 saturated carbocycles. The maximum absolute atomic E-state index is 13.7. The number of aliphatic hydroxyl groups excluding tert-OH is 19. The predicted octanol–water partition coefficient (Wildman–Crippen LogP) is -9.18. The van der Waals surface area contributed by atoms with E-state index in [-0.39, 0.29) is 0 Å². The van der Waals surface area contributed by atoms with E-state index in [2.05, 4.69) is 22.9 Å². The van der Waals surface area contributed by atoms with Crippen molar-refractivity contribution in [1.29, 1.82) is 0 Å². The van der Waals surface area contributed by atoms with Gasteiger partial charge < -0.3 is 179 Å². The summed E-state index contributed by atoms with van der Waals surface area (Å²) < 4.78 is 85.1. The minimum atomic E-state index is -2.33. The summed E-state index contributed by atoms with van der Waals surface area (Å²) >= 11 is 0. The molecule has 604 valence electrons. The first-order valence-corrected chi connectivity index (χ1v) is 35.7. The van der Waals surface area contributed by atoms with Gasteiger partial charge in [-0.15, -0.1) is 0 Å². The number of aliphatic hydroxyl groups is 19. The summed E-state index contributed by atoms with van der Waals surface area (Å²) in [6.45, 7) is 0.774. The fourth-order valence-electron chi connectivity index (χ4n) is 13.6. The zero-order chi connectivity index (χ0) is 76.4. The molecule has 22 N–H and O–H groups in total. The third-order valence-corrected chi connectivity index (χ3v) is 19.7. The van der Waals surface area contributed by atoms with Crippen molar-refractivity contribution in [2.24, 2.45) is 0 Å². The summed E-state index contributed by atoms with van der Waals surface area (Å²) in [5, 5.41) is 220. The van der Waals surface area contributed by atoms with Gasteiger partial charge in [0.1, 0.15) is 159 Å². The number of hydrogen-bond acceptors (Lipinski definition) is 36. The Balaban J connectivity index is 1.17. The molecule has 0 aromatic heterocycles. The van der Waals surface area contributed by atoms with Gasteiger partial charge in [-0.05, 0) is 26.7 Å². The van der Waals surface area contributed by atoms with Crippen LogP contribution in [0.4, 0.5) is 0 Å². The lowest BCUT2D eigenvalue weighted by molar-refractivity contribution is -0.408. The Hall–Kier alpha value is -3.17. The van der Waals surface area contributed by atoms with E-state index in [9.17, 15) is 111 Å². The fourth-order valence-corrected chi connectivity index (χ4v) is 13.6. The van der Waals surface area contributed by atoms with Crippen LogP contribution in [-0.4, -0.2) is 382 Å². The second-order valence-corrected chi connectivity index (χ2v) is 27.4. The van der Waals surface area contributed by atoms with E-state index in [1.807, 2.05) is 0 Å². The lowest BCUT2D eigenvalue weighted by Gasteiger charge is -2.53. The Bertz CT molecular complexity index is 2550. The first-order valence-electron chi connectivity index (χ1n) is 35.7. The number of allylic oxidation sites excluding steroid dienone is 1. The molecule has 37 atom stereocenters. The van der Waals surface area contributed by atoms with Crippen LogP contribution in [-0.2, 0) is 80.7 Å². The van der Waals surface area contributed by atoms with Crippen molar-refractivity contribution in [3.05, 3.63) is 12.2 Å². The summed E-state index contributed by atoms with van der Waals surface area (Å²) in [6, 6.07) is -4.91. The number of unbranched alkanes of at least 4 members (excludes halogenated alkanes) is 11. The molecule has 104 heavy (non-hydrogen) atoms. The van der Waals surface area contributed by atoms with E-state index in [4.69, 9.17) is 66.3 Å². The number of carbonyl (C=O) groups is 3. The van der Waals surface area contributed by atoms with Crippen LogP contribution in [0.1, 0.15) is 112 Å². The molecular weight excluding hydrogens is 1400 g/mol. The number of amides is 3. The van der Waals surface area contributed by atoms with E-state index in [0.29, 0.717) is 12.8 Å². The van der Waals surface area contributed by atoms with Crippen molar-refractivity contribution >= 4 is 18.2 Å². The van der Waals surface area contributed by atoms with Crippen molar-refractivity contribution in [1.82, 2.24) is 16.0 Å². The van der Waals surface area contributed by atoms with Gasteiger partial charge in [0.05, 0.1) is 64.0 Å². The highest BCUT2D eigenvalue weighted by Gasteiger charge is 2.61. The molecule has 0 aromatic rings. The van der Waals surface area contributed by atoms with E-state index < -0.39 is 278 Å². The third kappa shape index (κ3) is 22.3. The van der Waals surface area contributed by atoms with Crippen LogP contribution in [0.3, 0.4) is 0 Å². The zero-order valence-corrected chi connectivity index (χ0v) is 58.8. The second kappa shape index (κ2) is 42.3. The SMILES string of the molecule is CCCCCCCCCCCCC/C=C/[C@@H](O)[C@H](CO[C@@H]1O[C@H](CO)[C@@H](O[C@@H]2O[C@H](CO)[C@H](O)[C@H](O[C@@H]3O[C@H](CO)[C@@H](O[C@@H]4O[C@@H](C)[C@@H](O)[C@@H](O)[C@@H]4O)[C@H](O[C@@H]4O[C@H](CO)[C@H](O)[C@H](O[C@H]5O[C@H](CO)[C@H](O)[C@H](O)[C@H]5NC(C)=O)[C@H]4O[C@@H]4O[C@@H](C)[C@@H](O)[C@@H](O)[C@@H]4O)[C@H]3NC(C)=O)[C@H]2O)[C@H](O)[C@H]1O)NC=O. The Kier molecular flexibility index (Phi) is 35.8. The minimum Gasteiger partial charge on any atom is -0.394 e. The first kappa shape index (κ1) is 88.0. The molecule has 0 aliphatic carbocycles. The molecule has 7 fully saturated rings. The Morgan fingerprint density at radius 1 is 0.394 bits per heavy atom. The Morgan fingerprint density at radius 3 is 1.34 bits per heavy atom. The lowest BCUT2D eigenvalue weighted by atomic mass is 9.93. The van der Waals surface area contributed by atoms with E-state index >= 15 is 0 Å². The van der Waals surface area contributed by atoms with Gasteiger partial charge in [-0.1, -0.05) is 83.3 Å². The summed E-state index contributed by atoms with van der Waals surface area (Å²) in [5.41, 5.74) is 0. The number of rotatable bonds is 38. The molecule has 7 aliphatic heterocycles. The molecule has 0 radical (unpaired) electrons. The molecule has 7 heterocycles. The van der Waals surface area contributed by atoms with Crippen molar-refractivity contribution in [3.8, 4) is 0 Å². The first-order chi connectivity index (χ1) is 49.6. The molecule has 3 amide bonds. The summed E-state index contributed by atoms with van der Waals surface area (Å²) in [5.74, 6) is -1.82. The summed E-state index contributed by atoms with van der Waals surface area (Å²) in [7, 11) is 0. The van der Waals surface area contributed by atoms with Crippen molar-refractivity contribution in [2.75, 3.05) is 39.6 Å². The molecule has 0 spiro atoms. The number of nitrogens with one attached hydrogen (secondary N) is 3. The van der Waals surface area contributed by atoms with Gasteiger partial charge in [-0.25, -0.2) is 0 Å². The van der Waals surface area contributed by atoms with E-state index in [1.165, 1.54) is 64.9 Å². The third-order valence-electron chi connectivity index (χ3n) is 19.7. The van der Waals surface area contributed by atoms with Gasteiger partial charge in [0.15, 0.2) is 44.0 Å². The molecule has 7 rings (SSSR count). The summed E-state index contributed by atoms with van der Waals surface area (Å²) in [4.78, 5) is 38.0. The summed E-state index contributed by atoms with van der Waals surface area (Å²) in [6.07, 6.45) is -49.9. The van der Waals surface area contributed by atoms with Crippen molar-refractivity contribution < 1.29 is 178 Å². The maximum atomic E-state index is 13.7. The zero-order valence-electron chi connectivity index (χ0n) is 58.8. The second-order valence-electron chi connectivity index (χ2n) is 27.4. The average molecular weight is 1510 g/mol. The van der Waals surface area contributed by atoms with Crippen LogP contribution < -0.4 is 16.0 Å². The minimum absolute atomic E-state index is 0.320. The molecule has 39 nitrogen and oxygen atoms in total. The normalized spacial score (nSPS) is 43.6. The number of ether oxygens (including phenoxy) is 14. The van der Waals surface area contributed by atoms with Crippen LogP contribution in [0, 0.1) is 0 Å². The van der Waals surface area contributed by atoms with Gasteiger partial charge in [-0.3, -0.25) is 14.4 Å². The molecule has 7 aliphatic rings. The monoisotopic (exact) mass is 1510 g/mol. The largest absolute Gasteiger partial charge is 0.394 e. The number of carbonyl (C=O) groups excluding carboxylic acids is 3. The molecule has 0 aromatic carbocycles. The average Bonchev–Trinajstić information content (AvgIpc) is 0.723. The smallest absolute Gasteiger partial charge is 0.217 e. The highest BCUT2D eigenvalue weighted by molar-refractivity contribution is 5.73. The predicted molar refractivity (Wildman–Crippen MR) is 345 cm³/mol. The lowest BCUT2D eigenvalue weighted by Crippen LogP contribution is -2.72. The molecule has 39 heteroatoms. The van der Waals surface area contributed by atoms with Gasteiger partial charge >= 0.3 is 0 Å². The van der Waals surface area contributed by atoms with Gasteiger partial charge in [0.2, 0.25) is 18.2 Å². The highest BCUT2D eigenvalue weighted by Crippen LogP contribution is 2.40. The van der Waals surface area contributed by atoms with Crippen molar-refractivity contribution in [2.45, 2.75) is 339 Å². The molecule has 0 unspecified atom stereocenters. The maximum Gasteiger partial charge on any atom is 0.217 e. The van der Waals surface area contributed by atoms with Crippen LogP contribution in [0.25, 0.3) is 0 Å².